The van der Waals surface area contributed by atoms with Crippen LogP contribution >= 0.6 is 0 Å². The number of carbonyl (C=O) groups excluding carboxylic acids is 1. The van der Waals surface area contributed by atoms with Gasteiger partial charge in [0.15, 0.2) is 0 Å². The van der Waals surface area contributed by atoms with Gasteiger partial charge in [0.1, 0.15) is 0 Å². The monoisotopic (exact) mass is 302 g/mol. The van der Waals surface area contributed by atoms with Gasteiger partial charge in [-0.2, -0.15) is 0 Å². The van der Waals surface area contributed by atoms with Crippen LogP contribution in [-0.2, 0) is 11.3 Å². The van der Waals surface area contributed by atoms with Crippen molar-refractivity contribution in [2.45, 2.75) is 64.5 Å². The van der Waals surface area contributed by atoms with E-state index in [1.54, 1.807) is 17.1 Å². The molecule has 22 heavy (non-hydrogen) atoms. The van der Waals surface area contributed by atoms with Crippen molar-refractivity contribution in [1.29, 1.82) is 0 Å². The van der Waals surface area contributed by atoms with Crippen LogP contribution in [0.25, 0.3) is 0 Å². The molecule has 120 valence electrons. The topological polar surface area (TPSA) is 59.8 Å². The lowest BCUT2D eigenvalue weighted by Gasteiger charge is -2.59. The normalized spacial score (nSPS) is 37.2. The molecule has 4 fully saturated rings. The second kappa shape index (κ2) is 5.36. The molecule has 1 amide bonds. The number of hydrogen-bond donors (Lipinski definition) is 1. The number of rotatable bonds is 5. The lowest BCUT2D eigenvalue weighted by molar-refractivity contribution is -0.126. The Kier molecular flexibility index (Phi) is 3.46. The van der Waals surface area contributed by atoms with Crippen LogP contribution in [0.15, 0.2) is 12.4 Å². The number of hydrogen-bond acceptors (Lipinski definition) is 3. The van der Waals surface area contributed by atoms with Crippen molar-refractivity contribution in [3.05, 3.63) is 12.4 Å². The maximum absolute atomic E-state index is 12.3. The van der Waals surface area contributed by atoms with Gasteiger partial charge in [-0.3, -0.25) is 9.48 Å². The first-order chi connectivity index (χ1) is 10.6. The molecule has 0 spiro atoms. The Hall–Kier alpha value is -1.39. The first-order valence-corrected chi connectivity index (χ1v) is 8.76. The van der Waals surface area contributed by atoms with E-state index in [4.69, 9.17) is 0 Å². The van der Waals surface area contributed by atoms with E-state index >= 15 is 0 Å². The molecular weight excluding hydrogens is 276 g/mol. The molecule has 0 aliphatic heterocycles. The molecule has 1 N–H and O–H groups in total. The summed E-state index contributed by atoms with van der Waals surface area (Å²) < 4.78 is 1.72. The van der Waals surface area contributed by atoms with Crippen molar-refractivity contribution in [3.8, 4) is 0 Å². The quantitative estimate of drug-likeness (QED) is 0.908. The number of nitrogens with zero attached hydrogens (tertiary/aromatic N) is 3. The molecule has 1 atom stereocenters. The molecule has 1 heterocycles. The number of aromatic nitrogens is 3. The van der Waals surface area contributed by atoms with E-state index in [2.05, 4.69) is 22.6 Å². The molecule has 4 saturated carbocycles. The molecule has 4 aliphatic rings. The van der Waals surface area contributed by atoms with Crippen molar-refractivity contribution >= 4 is 5.91 Å². The van der Waals surface area contributed by atoms with Gasteiger partial charge < -0.3 is 5.32 Å². The molecule has 0 radical (unpaired) electrons. The maximum Gasteiger partial charge on any atom is 0.222 e. The largest absolute Gasteiger partial charge is 0.353 e. The zero-order valence-electron chi connectivity index (χ0n) is 13.4. The first kappa shape index (κ1) is 14.2. The molecule has 5 heteroatoms. The Balaban J connectivity index is 1.35. The van der Waals surface area contributed by atoms with Gasteiger partial charge in [0.25, 0.3) is 0 Å². The van der Waals surface area contributed by atoms with Crippen LogP contribution in [0.3, 0.4) is 0 Å². The summed E-state index contributed by atoms with van der Waals surface area (Å²) in [6.45, 7) is 2.85. The van der Waals surface area contributed by atoms with E-state index in [1.165, 1.54) is 38.5 Å². The van der Waals surface area contributed by atoms with E-state index in [9.17, 15) is 4.79 Å². The molecule has 4 bridgehead atoms. The number of amides is 1. The predicted molar refractivity (Wildman–Crippen MR) is 82.8 cm³/mol. The zero-order valence-corrected chi connectivity index (χ0v) is 13.4. The van der Waals surface area contributed by atoms with Crippen molar-refractivity contribution in [3.63, 3.8) is 0 Å². The van der Waals surface area contributed by atoms with E-state index in [-0.39, 0.29) is 5.91 Å². The van der Waals surface area contributed by atoms with Gasteiger partial charge in [0.2, 0.25) is 5.91 Å². The number of aryl methyl sites for hydroxylation is 1. The van der Waals surface area contributed by atoms with Crippen LogP contribution in [0, 0.1) is 23.2 Å². The van der Waals surface area contributed by atoms with E-state index < -0.39 is 0 Å². The molecule has 4 aliphatic carbocycles. The lowest BCUT2D eigenvalue weighted by Crippen LogP contribution is -2.55. The van der Waals surface area contributed by atoms with Gasteiger partial charge in [-0.25, -0.2) is 0 Å². The predicted octanol–water partition coefficient (Wildman–Crippen LogP) is 2.39. The number of carbonyl (C=O) groups is 1. The van der Waals surface area contributed by atoms with E-state index in [0.29, 0.717) is 24.4 Å². The van der Waals surface area contributed by atoms with Gasteiger partial charge in [-0.15, -0.1) is 5.10 Å². The third-order valence-corrected chi connectivity index (χ3v) is 6.42. The smallest absolute Gasteiger partial charge is 0.222 e. The van der Waals surface area contributed by atoms with Crippen LogP contribution in [-0.4, -0.2) is 26.9 Å². The standard InChI is InChI=1S/C17H26N4O/c1-12(19-16(22)2-4-21-5-3-18-20-21)17-9-13-6-14(10-17)8-15(7-13)11-17/h3,5,12-15H,2,4,6-11H2,1H3,(H,19,22)/t12-,13?,14?,15?,17?/m1/s1. The Bertz CT molecular complexity index is 504. The Morgan fingerprint density at radius 3 is 2.45 bits per heavy atom. The zero-order chi connectivity index (χ0) is 15.2. The van der Waals surface area contributed by atoms with Crippen molar-refractivity contribution in [2.75, 3.05) is 0 Å². The lowest BCUT2D eigenvalue weighted by atomic mass is 9.48. The third-order valence-electron chi connectivity index (χ3n) is 6.42. The Morgan fingerprint density at radius 2 is 1.91 bits per heavy atom. The summed E-state index contributed by atoms with van der Waals surface area (Å²) in [6.07, 6.45) is 12.3. The highest BCUT2D eigenvalue weighted by molar-refractivity contribution is 5.76. The summed E-state index contributed by atoms with van der Waals surface area (Å²) in [5.74, 6) is 2.95. The summed E-state index contributed by atoms with van der Waals surface area (Å²) >= 11 is 0. The molecule has 5 rings (SSSR count). The van der Waals surface area contributed by atoms with Crippen molar-refractivity contribution in [2.24, 2.45) is 23.2 Å². The van der Waals surface area contributed by atoms with E-state index in [1.807, 2.05) is 0 Å². The minimum atomic E-state index is 0.152. The summed E-state index contributed by atoms with van der Waals surface area (Å²) in [5, 5.41) is 11.0. The highest BCUT2D eigenvalue weighted by Crippen LogP contribution is 2.61. The Morgan fingerprint density at radius 1 is 1.27 bits per heavy atom. The fraction of sp³-hybridized carbons (Fsp3) is 0.824. The minimum absolute atomic E-state index is 0.152. The molecule has 0 saturated heterocycles. The van der Waals surface area contributed by atoms with E-state index in [0.717, 1.165) is 17.8 Å². The highest BCUT2D eigenvalue weighted by atomic mass is 16.1. The molecule has 1 aromatic rings. The molecular formula is C17H26N4O. The fourth-order valence-electron chi connectivity index (χ4n) is 5.74. The average Bonchev–Trinajstić information content (AvgIpc) is 2.97. The van der Waals surface area contributed by atoms with Gasteiger partial charge in [0.05, 0.1) is 12.7 Å². The molecule has 0 unspecified atom stereocenters. The molecule has 0 aromatic carbocycles. The van der Waals surface area contributed by atoms with Crippen molar-refractivity contribution < 1.29 is 4.79 Å². The third kappa shape index (κ3) is 2.55. The first-order valence-electron chi connectivity index (χ1n) is 8.76. The van der Waals surface area contributed by atoms with Gasteiger partial charge >= 0.3 is 0 Å². The summed E-state index contributed by atoms with van der Waals surface area (Å²) in [5.41, 5.74) is 0.387. The van der Waals surface area contributed by atoms with Gasteiger partial charge in [-0.1, -0.05) is 5.21 Å². The number of nitrogens with one attached hydrogen (secondary N) is 1. The van der Waals surface area contributed by atoms with Crippen LogP contribution in [0.2, 0.25) is 0 Å². The molecule has 1 aromatic heterocycles. The highest BCUT2D eigenvalue weighted by Gasteiger charge is 2.53. The summed E-state index contributed by atoms with van der Waals surface area (Å²) in [6, 6.07) is 0.309. The fourth-order valence-corrected chi connectivity index (χ4v) is 5.74. The van der Waals surface area contributed by atoms with Gasteiger partial charge in [0, 0.05) is 18.7 Å². The van der Waals surface area contributed by atoms with Crippen LogP contribution in [0.1, 0.15) is 51.9 Å². The molecule has 5 nitrogen and oxygen atoms in total. The average molecular weight is 302 g/mol. The Labute approximate surface area is 131 Å². The minimum Gasteiger partial charge on any atom is -0.353 e. The van der Waals surface area contributed by atoms with Gasteiger partial charge in [-0.05, 0) is 68.6 Å². The second-order valence-corrected chi connectivity index (χ2v) is 7.99. The van der Waals surface area contributed by atoms with Crippen LogP contribution in [0.5, 0.6) is 0 Å². The summed E-state index contributed by atoms with van der Waals surface area (Å²) in [4.78, 5) is 12.3. The SMILES string of the molecule is C[C@@H](NC(=O)CCn1ccnn1)C12CC3CC(CC(C3)C1)C2. The van der Waals surface area contributed by atoms with Crippen LogP contribution < -0.4 is 5.32 Å². The second-order valence-electron chi connectivity index (χ2n) is 7.99. The van der Waals surface area contributed by atoms with Crippen molar-refractivity contribution in [1.82, 2.24) is 20.3 Å². The summed E-state index contributed by atoms with van der Waals surface area (Å²) in [7, 11) is 0. The maximum atomic E-state index is 12.3. The van der Waals surface area contributed by atoms with Crippen LogP contribution in [0.4, 0.5) is 0 Å².